The van der Waals surface area contributed by atoms with Crippen LogP contribution in [-0.2, 0) is 13.5 Å². The molecule has 6 heteroatoms. The molecule has 0 saturated heterocycles. The molecule has 0 aliphatic heterocycles. The summed E-state index contributed by atoms with van der Waals surface area (Å²) in [6.45, 7) is 2.01. The molecule has 0 radical (unpaired) electrons. The SMILES string of the molecule is CCC(Cc1ccccc1)C(=N)c1nc(-c2ccncc2F)cc(=O)n1C. The van der Waals surface area contributed by atoms with Gasteiger partial charge in [-0.3, -0.25) is 14.3 Å². The highest BCUT2D eigenvalue weighted by Gasteiger charge is 2.21. The minimum Gasteiger partial charge on any atom is -0.301 e. The molecule has 3 rings (SSSR count). The van der Waals surface area contributed by atoms with Crippen LogP contribution in [0.1, 0.15) is 24.7 Å². The predicted molar refractivity (Wildman–Crippen MR) is 103 cm³/mol. The molecule has 1 aromatic carbocycles. The summed E-state index contributed by atoms with van der Waals surface area (Å²) in [7, 11) is 1.58. The first-order valence-corrected chi connectivity index (χ1v) is 8.82. The molecule has 138 valence electrons. The predicted octanol–water partition coefficient (Wildman–Crippen LogP) is 3.62. The van der Waals surface area contributed by atoms with E-state index in [1.807, 2.05) is 37.3 Å². The highest BCUT2D eigenvalue weighted by atomic mass is 19.1. The number of aromatic nitrogens is 3. The van der Waals surface area contributed by atoms with Crippen LogP contribution >= 0.6 is 0 Å². The van der Waals surface area contributed by atoms with Crippen molar-refractivity contribution in [2.45, 2.75) is 19.8 Å². The first kappa shape index (κ1) is 18.6. The fraction of sp³-hybridized carbons (Fsp3) is 0.238. The number of halogens is 1. The lowest BCUT2D eigenvalue weighted by molar-refractivity contribution is 0.623. The van der Waals surface area contributed by atoms with Gasteiger partial charge in [-0.05, 0) is 24.5 Å². The standard InChI is InChI=1S/C21H21FN4O/c1-3-15(11-14-7-5-4-6-8-14)20(23)21-25-18(12-19(27)26(21)2)16-9-10-24-13-17(16)22/h4-10,12-13,15,23H,3,11H2,1-2H3. The van der Waals surface area contributed by atoms with Crippen molar-refractivity contribution in [3.05, 3.63) is 82.4 Å². The van der Waals surface area contributed by atoms with Gasteiger partial charge in [0.25, 0.3) is 5.56 Å². The van der Waals surface area contributed by atoms with E-state index < -0.39 is 5.82 Å². The summed E-state index contributed by atoms with van der Waals surface area (Å²) in [5.74, 6) is -0.383. The fourth-order valence-corrected chi connectivity index (χ4v) is 3.03. The van der Waals surface area contributed by atoms with Gasteiger partial charge in [0.15, 0.2) is 11.6 Å². The van der Waals surface area contributed by atoms with Crippen molar-refractivity contribution in [1.29, 1.82) is 5.41 Å². The summed E-state index contributed by atoms with van der Waals surface area (Å²) in [5, 5.41) is 8.66. The van der Waals surface area contributed by atoms with Crippen LogP contribution in [0.25, 0.3) is 11.3 Å². The number of rotatable bonds is 6. The third-order valence-corrected chi connectivity index (χ3v) is 4.65. The average molecular weight is 364 g/mol. The van der Waals surface area contributed by atoms with Crippen molar-refractivity contribution < 1.29 is 4.39 Å². The van der Waals surface area contributed by atoms with Crippen LogP contribution in [0.3, 0.4) is 0 Å². The number of benzene rings is 1. The Morgan fingerprint density at radius 3 is 2.67 bits per heavy atom. The number of nitrogens with one attached hydrogen (secondary N) is 1. The third-order valence-electron chi connectivity index (χ3n) is 4.65. The second-order valence-corrected chi connectivity index (χ2v) is 6.43. The monoisotopic (exact) mass is 364 g/mol. The van der Waals surface area contributed by atoms with E-state index in [4.69, 9.17) is 5.41 Å². The minimum atomic E-state index is -0.549. The molecule has 2 heterocycles. The van der Waals surface area contributed by atoms with Crippen LogP contribution in [-0.4, -0.2) is 20.2 Å². The number of pyridine rings is 1. The second kappa shape index (κ2) is 8.03. The molecule has 0 amide bonds. The maximum absolute atomic E-state index is 14.1. The molecule has 0 fully saturated rings. The smallest absolute Gasteiger partial charge is 0.254 e. The summed E-state index contributed by atoms with van der Waals surface area (Å²) >= 11 is 0. The number of hydrogen-bond acceptors (Lipinski definition) is 4. The van der Waals surface area contributed by atoms with Gasteiger partial charge in [0.2, 0.25) is 0 Å². The van der Waals surface area contributed by atoms with E-state index in [1.54, 1.807) is 7.05 Å². The van der Waals surface area contributed by atoms with E-state index in [9.17, 15) is 9.18 Å². The molecule has 0 saturated carbocycles. The van der Waals surface area contributed by atoms with Gasteiger partial charge in [-0.25, -0.2) is 9.37 Å². The van der Waals surface area contributed by atoms with Gasteiger partial charge in [0.1, 0.15) is 0 Å². The Balaban J connectivity index is 2.01. The van der Waals surface area contributed by atoms with Gasteiger partial charge in [-0.1, -0.05) is 37.3 Å². The summed E-state index contributed by atoms with van der Waals surface area (Å²) in [5.41, 5.74) is 1.48. The molecule has 0 aliphatic carbocycles. The van der Waals surface area contributed by atoms with Crippen molar-refractivity contribution in [1.82, 2.24) is 14.5 Å². The zero-order valence-corrected chi connectivity index (χ0v) is 15.3. The summed E-state index contributed by atoms with van der Waals surface area (Å²) in [6.07, 6.45) is 3.95. The van der Waals surface area contributed by atoms with Crippen molar-refractivity contribution in [3.8, 4) is 11.3 Å². The molecule has 3 aromatic rings. The Morgan fingerprint density at radius 1 is 1.26 bits per heavy atom. The molecule has 2 aromatic heterocycles. The zero-order valence-electron chi connectivity index (χ0n) is 15.3. The molecule has 27 heavy (non-hydrogen) atoms. The van der Waals surface area contributed by atoms with E-state index in [0.717, 1.165) is 18.2 Å². The Bertz CT molecular complexity index is 1010. The Labute approximate surface area is 157 Å². The largest absolute Gasteiger partial charge is 0.301 e. The Morgan fingerprint density at radius 2 is 2.00 bits per heavy atom. The van der Waals surface area contributed by atoms with E-state index >= 15 is 0 Å². The molecule has 0 aliphatic rings. The molecule has 5 nitrogen and oxygen atoms in total. The summed E-state index contributed by atoms with van der Waals surface area (Å²) in [4.78, 5) is 20.6. The topological polar surface area (TPSA) is 71.6 Å². The van der Waals surface area contributed by atoms with Crippen LogP contribution in [0.4, 0.5) is 4.39 Å². The van der Waals surface area contributed by atoms with Gasteiger partial charge in [-0.2, -0.15) is 0 Å². The second-order valence-electron chi connectivity index (χ2n) is 6.43. The van der Waals surface area contributed by atoms with Crippen molar-refractivity contribution in [3.63, 3.8) is 0 Å². The van der Waals surface area contributed by atoms with E-state index in [1.165, 1.54) is 22.9 Å². The lowest BCUT2D eigenvalue weighted by atomic mass is 9.91. The molecule has 1 unspecified atom stereocenters. The highest BCUT2D eigenvalue weighted by molar-refractivity contribution is 5.97. The molecule has 1 N–H and O–H groups in total. The van der Waals surface area contributed by atoms with Crippen molar-refractivity contribution in [2.24, 2.45) is 13.0 Å². The first-order chi connectivity index (χ1) is 13.0. The molecule has 0 bridgehead atoms. The Kier molecular flexibility index (Phi) is 5.54. The summed E-state index contributed by atoms with van der Waals surface area (Å²) < 4.78 is 15.4. The van der Waals surface area contributed by atoms with Crippen LogP contribution in [0.5, 0.6) is 0 Å². The molecular formula is C21H21FN4O. The Hall–Kier alpha value is -3.15. The van der Waals surface area contributed by atoms with E-state index in [0.29, 0.717) is 6.42 Å². The average Bonchev–Trinajstić information content (AvgIpc) is 2.69. The minimum absolute atomic E-state index is 0.0944. The normalized spacial score (nSPS) is 12.0. The van der Waals surface area contributed by atoms with Gasteiger partial charge >= 0.3 is 0 Å². The quantitative estimate of drug-likeness (QED) is 0.679. The van der Waals surface area contributed by atoms with Crippen LogP contribution < -0.4 is 5.56 Å². The van der Waals surface area contributed by atoms with Crippen LogP contribution in [0.2, 0.25) is 0 Å². The molecular weight excluding hydrogens is 343 g/mol. The van der Waals surface area contributed by atoms with E-state index in [-0.39, 0.29) is 34.3 Å². The molecule has 0 spiro atoms. The third kappa shape index (κ3) is 4.00. The zero-order chi connectivity index (χ0) is 19.4. The van der Waals surface area contributed by atoms with Crippen LogP contribution in [0.15, 0.2) is 59.7 Å². The van der Waals surface area contributed by atoms with Crippen LogP contribution in [0, 0.1) is 17.1 Å². The van der Waals surface area contributed by atoms with Gasteiger partial charge in [-0.15, -0.1) is 0 Å². The van der Waals surface area contributed by atoms with Gasteiger partial charge in [0.05, 0.1) is 17.6 Å². The number of hydrogen-bond donors (Lipinski definition) is 1. The fourth-order valence-electron chi connectivity index (χ4n) is 3.03. The lowest BCUT2D eigenvalue weighted by Gasteiger charge is -2.18. The maximum atomic E-state index is 14.1. The lowest BCUT2D eigenvalue weighted by Crippen LogP contribution is -2.29. The summed E-state index contributed by atoms with van der Waals surface area (Å²) in [6, 6.07) is 12.7. The molecule has 1 atom stereocenters. The maximum Gasteiger partial charge on any atom is 0.254 e. The number of nitrogens with zero attached hydrogens (tertiary/aromatic N) is 3. The van der Waals surface area contributed by atoms with Gasteiger partial charge < -0.3 is 5.41 Å². The van der Waals surface area contributed by atoms with Gasteiger partial charge in [0, 0.05) is 30.8 Å². The van der Waals surface area contributed by atoms with E-state index in [2.05, 4.69) is 9.97 Å². The first-order valence-electron chi connectivity index (χ1n) is 8.82. The van der Waals surface area contributed by atoms with Crippen molar-refractivity contribution in [2.75, 3.05) is 0 Å². The van der Waals surface area contributed by atoms with Crippen molar-refractivity contribution >= 4 is 5.71 Å². The highest BCUT2D eigenvalue weighted by Crippen LogP contribution is 2.21.